The van der Waals surface area contributed by atoms with Crippen LogP contribution in [-0.2, 0) is 4.74 Å². The van der Waals surface area contributed by atoms with Gasteiger partial charge in [0.2, 0.25) is 0 Å². The molecule has 0 aliphatic heterocycles. The highest BCUT2D eigenvalue weighted by atomic mass is 16.5. The van der Waals surface area contributed by atoms with Gasteiger partial charge in [0.05, 0.1) is 17.6 Å². The van der Waals surface area contributed by atoms with Gasteiger partial charge in [-0.1, -0.05) is 48.5 Å². The Kier molecular flexibility index (Phi) is 4.08. The van der Waals surface area contributed by atoms with Crippen molar-refractivity contribution in [1.82, 2.24) is 0 Å². The van der Waals surface area contributed by atoms with E-state index in [-0.39, 0.29) is 34.3 Å². The quantitative estimate of drug-likeness (QED) is 0.408. The predicted molar refractivity (Wildman–Crippen MR) is 99.9 cm³/mol. The molecule has 0 radical (unpaired) electrons. The zero-order chi connectivity index (χ0) is 19.0. The fourth-order valence-electron chi connectivity index (χ4n) is 3.07. The second kappa shape index (κ2) is 6.57. The Morgan fingerprint density at radius 3 is 2.19 bits per heavy atom. The number of ether oxygens (including phenoxy) is 1. The van der Waals surface area contributed by atoms with Crippen LogP contribution in [0.3, 0.4) is 0 Å². The molecule has 6 nitrogen and oxygen atoms in total. The van der Waals surface area contributed by atoms with E-state index in [9.17, 15) is 14.4 Å². The van der Waals surface area contributed by atoms with Gasteiger partial charge in [0.25, 0.3) is 0 Å². The van der Waals surface area contributed by atoms with E-state index in [0.29, 0.717) is 10.9 Å². The molecule has 2 heterocycles. The predicted octanol–water partition coefficient (Wildman–Crippen LogP) is 3.74. The second-order valence-corrected chi connectivity index (χ2v) is 5.82. The van der Waals surface area contributed by atoms with Crippen molar-refractivity contribution in [2.24, 2.45) is 0 Å². The highest BCUT2D eigenvalue weighted by Crippen LogP contribution is 2.33. The molecule has 0 amide bonds. The van der Waals surface area contributed by atoms with Crippen LogP contribution in [0, 0.1) is 0 Å². The molecule has 0 spiro atoms. The van der Waals surface area contributed by atoms with E-state index in [1.165, 1.54) is 0 Å². The molecule has 2 aromatic heterocycles. The van der Waals surface area contributed by atoms with Crippen LogP contribution < -0.4 is 11.3 Å². The zero-order valence-electron chi connectivity index (χ0n) is 14.4. The molecule has 0 N–H and O–H groups in total. The van der Waals surface area contributed by atoms with Crippen molar-refractivity contribution in [3.8, 4) is 11.1 Å². The number of hydrogen-bond acceptors (Lipinski definition) is 6. The number of hydrogen-bond donors (Lipinski definition) is 0. The minimum atomic E-state index is -0.848. The first-order valence-electron chi connectivity index (χ1n) is 8.37. The molecular formula is C21H14O6. The van der Waals surface area contributed by atoms with Gasteiger partial charge in [-0.05, 0) is 18.6 Å². The van der Waals surface area contributed by atoms with Gasteiger partial charge in [-0.25, -0.2) is 14.4 Å². The van der Waals surface area contributed by atoms with Gasteiger partial charge in [0.1, 0.15) is 0 Å². The van der Waals surface area contributed by atoms with Crippen molar-refractivity contribution in [1.29, 1.82) is 0 Å². The summed E-state index contributed by atoms with van der Waals surface area (Å²) in [6.45, 7) is 1.72. The van der Waals surface area contributed by atoms with E-state index in [2.05, 4.69) is 0 Å². The number of carbonyl (C=O) groups is 1. The van der Waals surface area contributed by atoms with Gasteiger partial charge >= 0.3 is 17.2 Å². The van der Waals surface area contributed by atoms with E-state index < -0.39 is 17.2 Å². The number of benzene rings is 2. The van der Waals surface area contributed by atoms with Gasteiger partial charge in [-0.3, -0.25) is 0 Å². The third-order valence-electron chi connectivity index (χ3n) is 4.21. The summed E-state index contributed by atoms with van der Waals surface area (Å²) in [4.78, 5) is 37.6. The summed E-state index contributed by atoms with van der Waals surface area (Å²) in [7, 11) is 0. The lowest BCUT2D eigenvalue weighted by molar-refractivity contribution is 0.0522. The highest BCUT2D eigenvalue weighted by molar-refractivity contribution is 6.10. The van der Waals surface area contributed by atoms with Crippen LogP contribution in [-0.4, -0.2) is 12.6 Å². The summed E-state index contributed by atoms with van der Waals surface area (Å²) in [5.74, 6) is -0.831. The fourth-order valence-corrected chi connectivity index (χ4v) is 3.07. The molecule has 0 unspecified atom stereocenters. The Morgan fingerprint density at radius 1 is 0.852 bits per heavy atom. The summed E-state index contributed by atoms with van der Waals surface area (Å²) >= 11 is 0. The monoisotopic (exact) mass is 362 g/mol. The Morgan fingerprint density at radius 2 is 1.48 bits per heavy atom. The van der Waals surface area contributed by atoms with Gasteiger partial charge in [0, 0.05) is 5.39 Å². The molecule has 134 valence electrons. The normalized spacial score (nSPS) is 11.0. The van der Waals surface area contributed by atoms with E-state index in [0.717, 1.165) is 0 Å². The number of rotatable bonds is 3. The molecule has 0 aliphatic carbocycles. The van der Waals surface area contributed by atoms with Crippen LogP contribution in [0.5, 0.6) is 0 Å². The van der Waals surface area contributed by atoms with Crippen molar-refractivity contribution in [3.63, 3.8) is 0 Å². The lowest BCUT2D eigenvalue weighted by Crippen LogP contribution is -2.19. The van der Waals surface area contributed by atoms with E-state index in [4.69, 9.17) is 13.6 Å². The molecule has 0 saturated heterocycles. The molecule has 27 heavy (non-hydrogen) atoms. The maximum absolute atomic E-state index is 12.7. The number of fused-ring (bicyclic) bond motifs is 3. The van der Waals surface area contributed by atoms with Crippen LogP contribution in [0.4, 0.5) is 0 Å². The SMILES string of the molecule is CCOC(=O)c1c(-c2ccccc2)c2oc(=O)c3ccccc3c2oc1=O. The minimum Gasteiger partial charge on any atom is -0.462 e. The largest absolute Gasteiger partial charge is 0.462 e. The van der Waals surface area contributed by atoms with Crippen LogP contribution in [0.2, 0.25) is 0 Å². The van der Waals surface area contributed by atoms with Crippen LogP contribution in [0.25, 0.3) is 33.1 Å². The van der Waals surface area contributed by atoms with Gasteiger partial charge < -0.3 is 13.6 Å². The summed E-state index contributed by atoms with van der Waals surface area (Å²) in [6.07, 6.45) is 0. The fraction of sp³-hybridized carbons (Fsp3) is 0.0952. The Hall–Kier alpha value is -3.67. The van der Waals surface area contributed by atoms with Crippen molar-refractivity contribution < 1.29 is 18.4 Å². The lowest BCUT2D eigenvalue weighted by Gasteiger charge is -2.11. The van der Waals surface area contributed by atoms with Crippen molar-refractivity contribution in [2.75, 3.05) is 6.61 Å². The molecular weight excluding hydrogens is 348 g/mol. The number of esters is 1. The first-order valence-corrected chi connectivity index (χ1v) is 8.37. The van der Waals surface area contributed by atoms with E-state index in [1.807, 2.05) is 0 Å². The molecule has 2 aromatic carbocycles. The molecule has 4 aromatic rings. The third-order valence-corrected chi connectivity index (χ3v) is 4.21. The lowest BCUT2D eigenvalue weighted by atomic mass is 9.99. The Bertz CT molecular complexity index is 1280. The Balaban J connectivity index is 2.24. The standard InChI is InChI=1S/C21H14O6/c1-2-25-20(23)16-15(12-8-4-3-5-9-12)18-17(26-21(16)24)13-10-6-7-11-14(13)19(22)27-18/h3-11H,2H2,1H3. The van der Waals surface area contributed by atoms with Crippen molar-refractivity contribution in [2.45, 2.75) is 6.92 Å². The zero-order valence-corrected chi connectivity index (χ0v) is 14.4. The summed E-state index contributed by atoms with van der Waals surface area (Å²) in [5.41, 5.74) is -0.860. The molecule has 4 rings (SSSR count). The van der Waals surface area contributed by atoms with Gasteiger partial charge in [-0.2, -0.15) is 0 Å². The molecule has 0 bridgehead atoms. The molecule has 0 aliphatic rings. The molecule has 6 heteroatoms. The van der Waals surface area contributed by atoms with Crippen LogP contribution in [0.15, 0.2) is 73.0 Å². The van der Waals surface area contributed by atoms with Crippen LogP contribution in [0.1, 0.15) is 17.3 Å². The molecule has 0 fully saturated rings. The summed E-state index contributed by atoms with van der Waals surface area (Å²) in [5, 5.41) is 0.726. The smallest absolute Gasteiger partial charge is 0.351 e. The summed E-state index contributed by atoms with van der Waals surface area (Å²) < 4.78 is 15.9. The number of carbonyl (C=O) groups excluding carboxylic acids is 1. The van der Waals surface area contributed by atoms with Crippen LogP contribution >= 0.6 is 0 Å². The summed E-state index contributed by atoms with van der Waals surface area (Å²) in [6, 6.07) is 15.4. The highest BCUT2D eigenvalue weighted by Gasteiger charge is 2.26. The molecule has 0 saturated carbocycles. The average Bonchev–Trinajstić information content (AvgIpc) is 2.69. The second-order valence-electron chi connectivity index (χ2n) is 5.82. The maximum Gasteiger partial charge on any atom is 0.351 e. The van der Waals surface area contributed by atoms with E-state index >= 15 is 0 Å². The van der Waals surface area contributed by atoms with Crippen molar-refractivity contribution in [3.05, 3.63) is 81.0 Å². The van der Waals surface area contributed by atoms with Gasteiger partial charge in [-0.15, -0.1) is 0 Å². The van der Waals surface area contributed by atoms with E-state index in [1.54, 1.807) is 61.5 Å². The topological polar surface area (TPSA) is 86.7 Å². The van der Waals surface area contributed by atoms with Gasteiger partial charge in [0.15, 0.2) is 16.7 Å². The minimum absolute atomic E-state index is 0.0348. The van der Waals surface area contributed by atoms with Crippen molar-refractivity contribution >= 4 is 27.9 Å². The maximum atomic E-state index is 12.7. The molecule has 0 atom stereocenters. The Labute approximate surface area is 152 Å². The average molecular weight is 362 g/mol. The first-order chi connectivity index (χ1) is 13.1. The first kappa shape index (κ1) is 16.8. The third kappa shape index (κ3) is 2.71.